The Hall–Kier alpha value is -3.42. The van der Waals surface area contributed by atoms with E-state index < -0.39 is 17.6 Å². The zero-order valence-corrected chi connectivity index (χ0v) is 14.4. The van der Waals surface area contributed by atoms with Crippen molar-refractivity contribution in [2.45, 2.75) is 12.7 Å². The van der Waals surface area contributed by atoms with Crippen LogP contribution in [0.4, 0.5) is 29.1 Å². The normalized spacial score (nSPS) is 11.1. The molecule has 1 heterocycles. The summed E-state index contributed by atoms with van der Waals surface area (Å²) in [5.74, 6) is -0.560. The summed E-state index contributed by atoms with van der Waals surface area (Å²) in [5.41, 5.74) is -0.287. The average molecular weight is 389 g/mol. The summed E-state index contributed by atoms with van der Waals surface area (Å²) in [5, 5.41) is 5.27. The molecule has 1 aromatic heterocycles. The number of nitrogens with one attached hydrogen (secondary N) is 2. The Kier molecular flexibility index (Phi) is 5.58. The summed E-state index contributed by atoms with van der Waals surface area (Å²) in [4.78, 5) is 16.3. The average Bonchev–Trinajstić information content (AvgIpc) is 2.67. The summed E-state index contributed by atoms with van der Waals surface area (Å²) < 4.78 is 51.9. The van der Waals surface area contributed by atoms with Gasteiger partial charge in [0.25, 0.3) is 5.91 Å². The lowest BCUT2D eigenvalue weighted by molar-refractivity contribution is -0.136. The lowest BCUT2D eigenvalue weighted by atomic mass is 10.1. The number of amides is 1. The van der Waals surface area contributed by atoms with Gasteiger partial charge < -0.3 is 10.6 Å². The molecule has 0 unspecified atom stereocenters. The van der Waals surface area contributed by atoms with Crippen molar-refractivity contribution in [1.82, 2.24) is 4.98 Å². The van der Waals surface area contributed by atoms with Crippen LogP contribution in [0.1, 0.15) is 21.5 Å². The van der Waals surface area contributed by atoms with E-state index in [9.17, 15) is 22.4 Å². The van der Waals surface area contributed by atoms with Crippen molar-refractivity contribution in [3.63, 3.8) is 0 Å². The molecule has 0 radical (unpaired) electrons. The number of para-hydroxylation sites is 1. The summed E-state index contributed by atoms with van der Waals surface area (Å²) in [7, 11) is 0. The van der Waals surface area contributed by atoms with Crippen LogP contribution >= 0.6 is 0 Å². The van der Waals surface area contributed by atoms with Gasteiger partial charge in [-0.1, -0.05) is 24.3 Å². The quantitative estimate of drug-likeness (QED) is 0.597. The second kappa shape index (κ2) is 8.08. The van der Waals surface area contributed by atoms with Crippen molar-refractivity contribution in [2.75, 3.05) is 10.6 Å². The number of carbonyl (C=O) groups is 1. The molecule has 3 aromatic rings. The highest BCUT2D eigenvalue weighted by Gasteiger charge is 2.33. The maximum atomic E-state index is 13.0. The summed E-state index contributed by atoms with van der Waals surface area (Å²) in [6.45, 7) is 0.401. The molecule has 0 spiro atoms. The van der Waals surface area contributed by atoms with Crippen LogP contribution in [-0.2, 0) is 12.7 Å². The Balaban J connectivity index is 1.65. The van der Waals surface area contributed by atoms with Gasteiger partial charge in [0.1, 0.15) is 11.6 Å². The van der Waals surface area contributed by atoms with Gasteiger partial charge in [-0.3, -0.25) is 4.79 Å². The number of pyridine rings is 1. The first kappa shape index (κ1) is 19.3. The van der Waals surface area contributed by atoms with E-state index in [0.29, 0.717) is 12.4 Å². The van der Waals surface area contributed by atoms with Crippen molar-refractivity contribution in [3.05, 3.63) is 89.4 Å². The molecule has 0 fully saturated rings. The van der Waals surface area contributed by atoms with E-state index in [1.54, 1.807) is 12.1 Å². The van der Waals surface area contributed by atoms with Crippen LogP contribution in [0.25, 0.3) is 0 Å². The number of aromatic nitrogens is 1. The number of carbonyl (C=O) groups excluding carboxylic acids is 1. The largest absolute Gasteiger partial charge is 0.418 e. The molecular formula is C20H15F4N3O. The minimum atomic E-state index is -4.57. The molecule has 8 heteroatoms. The van der Waals surface area contributed by atoms with Crippen LogP contribution in [0.5, 0.6) is 0 Å². The molecule has 1 amide bonds. The van der Waals surface area contributed by atoms with Gasteiger partial charge in [0.2, 0.25) is 0 Å². The Bertz CT molecular complexity index is 954. The number of rotatable bonds is 5. The monoisotopic (exact) mass is 389 g/mol. The Morgan fingerprint density at radius 2 is 1.68 bits per heavy atom. The van der Waals surface area contributed by atoms with Crippen LogP contribution in [-0.4, -0.2) is 10.9 Å². The fourth-order valence-corrected chi connectivity index (χ4v) is 2.46. The predicted molar refractivity (Wildman–Crippen MR) is 97.4 cm³/mol. The van der Waals surface area contributed by atoms with Gasteiger partial charge in [0.05, 0.1) is 16.8 Å². The predicted octanol–water partition coefficient (Wildman–Crippen LogP) is 5.10. The molecule has 0 aliphatic heterocycles. The second-order valence-electron chi connectivity index (χ2n) is 5.91. The highest BCUT2D eigenvalue weighted by atomic mass is 19.4. The third-order valence-electron chi connectivity index (χ3n) is 3.89. The molecule has 3 rings (SSSR count). The third kappa shape index (κ3) is 4.85. The van der Waals surface area contributed by atoms with E-state index in [1.165, 1.54) is 48.7 Å². The van der Waals surface area contributed by atoms with Crippen LogP contribution in [0.2, 0.25) is 0 Å². The van der Waals surface area contributed by atoms with Gasteiger partial charge in [-0.2, -0.15) is 13.2 Å². The van der Waals surface area contributed by atoms with Gasteiger partial charge in [-0.15, -0.1) is 0 Å². The first-order valence-electron chi connectivity index (χ1n) is 8.25. The molecule has 0 bridgehead atoms. The second-order valence-corrected chi connectivity index (χ2v) is 5.91. The maximum Gasteiger partial charge on any atom is 0.418 e. The van der Waals surface area contributed by atoms with E-state index >= 15 is 0 Å². The number of hydrogen-bond acceptors (Lipinski definition) is 3. The molecule has 4 nitrogen and oxygen atoms in total. The molecular weight excluding hydrogens is 374 g/mol. The number of alkyl halides is 3. The van der Waals surface area contributed by atoms with Crippen molar-refractivity contribution >= 4 is 17.4 Å². The molecule has 0 atom stereocenters. The van der Waals surface area contributed by atoms with Gasteiger partial charge in [0, 0.05) is 12.7 Å². The van der Waals surface area contributed by atoms with Crippen LogP contribution in [0.3, 0.4) is 0 Å². The number of anilines is 2. The minimum absolute atomic E-state index is 0.115. The first-order chi connectivity index (χ1) is 13.3. The van der Waals surface area contributed by atoms with Crippen LogP contribution < -0.4 is 10.6 Å². The van der Waals surface area contributed by atoms with Crippen LogP contribution in [0, 0.1) is 5.82 Å². The van der Waals surface area contributed by atoms with Crippen molar-refractivity contribution in [2.24, 2.45) is 0 Å². The van der Waals surface area contributed by atoms with Gasteiger partial charge in [0.15, 0.2) is 0 Å². The molecule has 144 valence electrons. The highest BCUT2D eigenvalue weighted by Crippen LogP contribution is 2.34. The molecule has 0 aliphatic rings. The number of nitrogens with zero attached hydrogens (tertiary/aromatic N) is 1. The highest BCUT2D eigenvalue weighted by molar-refractivity contribution is 6.04. The molecule has 0 saturated heterocycles. The molecule has 0 saturated carbocycles. The third-order valence-corrected chi connectivity index (χ3v) is 3.89. The van der Waals surface area contributed by atoms with Gasteiger partial charge in [-0.25, -0.2) is 9.37 Å². The zero-order valence-electron chi connectivity index (χ0n) is 14.4. The molecule has 2 aromatic carbocycles. The number of halogens is 4. The van der Waals surface area contributed by atoms with Gasteiger partial charge >= 0.3 is 6.18 Å². The number of benzene rings is 2. The van der Waals surface area contributed by atoms with Crippen molar-refractivity contribution in [3.8, 4) is 0 Å². The molecule has 0 aliphatic carbocycles. The summed E-state index contributed by atoms with van der Waals surface area (Å²) >= 11 is 0. The summed E-state index contributed by atoms with van der Waals surface area (Å²) in [6.07, 6.45) is -3.31. The SMILES string of the molecule is O=C(Nc1ccccc1C(F)(F)F)c1ccc(NCc2ccc(F)cc2)nc1. The van der Waals surface area contributed by atoms with E-state index in [2.05, 4.69) is 15.6 Å². The Labute approximate surface area is 158 Å². The lowest BCUT2D eigenvalue weighted by Gasteiger charge is -2.13. The maximum absolute atomic E-state index is 13.0. The standard InChI is InChI=1S/C20H15F4N3O/c21-15-8-5-13(6-9-15)11-25-18-10-7-14(12-26-18)19(28)27-17-4-2-1-3-16(17)20(22,23)24/h1-10,12H,11H2,(H,25,26)(H,27,28). The fraction of sp³-hybridized carbons (Fsp3) is 0.100. The summed E-state index contributed by atoms with van der Waals surface area (Å²) in [6, 6.07) is 13.7. The first-order valence-corrected chi connectivity index (χ1v) is 8.25. The van der Waals surface area contributed by atoms with Gasteiger partial charge in [-0.05, 0) is 42.0 Å². The van der Waals surface area contributed by atoms with E-state index in [1.807, 2.05) is 0 Å². The lowest BCUT2D eigenvalue weighted by Crippen LogP contribution is -2.17. The van der Waals surface area contributed by atoms with E-state index in [0.717, 1.165) is 11.6 Å². The van der Waals surface area contributed by atoms with E-state index in [4.69, 9.17) is 0 Å². The zero-order chi connectivity index (χ0) is 20.1. The molecule has 2 N–H and O–H groups in total. The fourth-order valence-electron chi connectivity index (χ4n) is 2.46. The van der Waals surface area contributed by atoms with Crippen LogP contribution in [0.15, 0.2) is 66.9 Å². The van der Waals surface area contributed by atoms with Crippen molar-refractivity contribution in [1.29, 1.82) is 0 Å². The van der Waals surface area contributed by atoms with E-state index in [-0.39, 0.29) is 17.1 Å². The topological polar surface area (TPSA) is 54.0 Å². The van der Waals surface area contributed by atoms with Crippen molar-refractivity contribution < 1.29 is 22.4 Å². The number of hydrogen-bond donors (Lipinski definition) is 2. The smallest absolute Gasteiger partial charge is 0.366 e. The Morgan fingerprint density at radius 3 is 2.32 bits per heavy atom. The Morgan fingerprint density at radius 1 is 0.964 bits per heavy atom. The minimum Gasteiger partial charge on any atom is -0.366 e. The molecule has 28 heavy (non-hydrogen) atoms.